The normalized spacial score (nSPS) is 17.4. The number of benzene rings is 1. The molecule has 4 heterocycles. The third-order valence-corrected chi connectivity index (χ3v) is 6.26. The van der Waals surface area contributed by atoms with E-state index in [4.69, 9.17) is 17.0 Å². The Kier molecular flexibility index (Phi) is 6.05. The van der Waals surface area contributed by atoms with Crippen molar-refractivity contribution >= 4 is 23.3 Å². The van der Waals surface area contributed by atoms with Crippen molar-refractivity contribution in [2.75, 3.05) is 7.11 Å². The standard InChI is InChI=1S/C26H23N5O2S/c1-33-25(32)19-10-2-3-12-21(19)30-16-8-13-22(30)24-23(20-11-5-7-15-28-20)29-26(34)31(24)17-18-9-4-6-14-27-18/h2-16,23-24H,17H2,1H3,(H,29,34)/t23-,24+/m0/s1. The zero-order valence-electron chi connectivity index (χ0n) is 18.5. The number of para-hydroxylation sites is 1. The van der Waals surface area contributed by atoms with Gasteiger partial charge in [-0.15, -0.1) is 0 Å². The zero-order valence-corrected chi connectivity index (χ0v) is 19.4. The molecule has 0 radical (unpaired) electrons. The highest BCUT2D eigenvalue weighted by Crippen LogP contribution is 2.40. The van der Waals surface area contributed by atoms with Gasteiger partial charge in [-0.05, 0) is 60.7 Å². The number of pyridine rings is 2. The van der Waals surface area contributed by atoms with Gasteiger partial charge >= 0.3 is 5.97 Å². The largest absolute Gasteiger partial charge is 0.465 e. The van der Waals surface area contributed by atoms with Gasteiger partial charge in [-0.1, -0.05) is 24.3 Å². The zero-order chi connectivity index (χ0) is 23.5. The molecule has 1 aliphatic rings. The smallest absolute Gasteiger partial charge is 0.339 e. The Hall–Kier alpha value is -4.04. The highest BCUT2D eigenvalue weighted by molar-refractivity contribution is 7.80. The van der Waals surface area contributed by atoms with E-state index in [1.54, 1.807) is 18.5 Å². The summed E-state index contributed by atoms with van der Waals surface area (Å²) in [5, 5.41) is 4.09. The van der Waals surface area contributed by atoms with Crippen LogP contribution in [0, 0.1) is 0 Å². The van der Waals surface area contributed by atoms with E-state index in [0.717, 1.165) is 22.8 Å². The van der Waals surface area contributed by atoms with Crippen molar-refractivity contribution < 1.29 is 9.53 Å². The molecule has 1 aliphatic heterocycles. The van der Waals surface area contributed by atoms with Gasteiger partial charge < -0.3 is 19.5 Å². The maximum Gasteiger partial charge on any atom is 0.339 e. The topological polar surface area (TPSA) is 72.3 Å². The van der Waals surface area contributed by atoms with Crippen LogP contribution < -0.4 is 5.32 Å². The van der Waals surface area contributed by atoms with E-state index in [2.05, 4.69) is 26.3 Å². The fourth-order valence-electron chi connectivity index (χ4n) is 4.38. The summed E-state index contributed by atoms with van der Waals surface area (Å²) in [5.74, 6) is -0.387. The predicted octanol–water partition coefficient (Wildman–Crippen LogP) is 4.23. The average Bonchev–Trinajstić information content (AvgIpc) is 3.49. The SMILES string of the molecule is COC(=O)c1ccccc1-n1cccc1[C@@H]1[C@H](c2ccccn2)NC(=S)N1Cc1ccccn1. The number of hydrogen-bond donors (Lipinski definition) is 1. The van der Waals surface area contributed by atoms with Crippen LogP contribution in [0.3, 0.4) is 0 Å². The molecule has 5 rings (SSSR count). The van der Waals surface area contributed by atoms with E-state index in [0.29, 0.717) is 17.2 Å². The summed E-state index contributed by atoms with van der Waals surface area (Å²) in [6, 6.07) is 22.8. The molecule has 0 aliphatic carbocycles. The second-order valence-electron chi connectivity index (χ2n) is 7.89. The number of carbonyl (C=O) groups excluding carboxylic acids is 1. The van der Waals surface area contributed by atoms with Gasteiger partial charge in [0.05, 0.1) is 48.4 Å². The third kappa shape index (κ3) is 4.04. The molecule has 0 bridgehead atoms. The van der Waals surface area contributed by atoms with Gasteiger partial charge in [-0.25, -0.2) is 4.79 Å². The molecule has 8 heteroatoms. The van der Waals surface area contributed by atoms with E-state index in [9.17, 15) is 4.79 Å². The number of rotatable bonds is 6. The van der Waals surface area contributed by atoms with Crippen molar-refractivity contribution in [3.63, 3.8) is 0 Å². The van der Waals surface area contributed by atoms with Crippen LogP contribution in [0.15, 0.2) is 91.4 Å². The number of aromatic nitrogens is 3. The van der Waals surface area contributed by atoms with Crippen molar-refractivity contribution in [3.8, 4) is 5.69 Å². The lowest BCUT2D eigenvalue weighted by Crippen LogP contribution is -2.30. The fraction of sp³-hybridized carbons (Fsp3) is 0.154. The Morgan fingerprint density at radius 1 is 1.00 bits per heavy atom. The summed E-state index contributed by atoms with van der Waals surface area (Å²) < 4.78 is 7.06. The number of carbonyl (C=O) groups is 1. The van der Waals surface area contributed by atoms with Crippen LogP contribution in [0.2, 0.25) is 0 Å². The van der Waals surface area contributed by atoms with Gasteiger partial charge in [0.15, 0.2) is 5.11 Å². The molecular weight excluding hydrogens is 446 g/mol. The van der Waals surface area contributed by atoms with Gasteiger partial charge in [-0.2, -0.15) is 0 Å². The van der Waals surface area contributed by atoms with Crippen LogP contribution in [0.5, 0.6) is 0 Å². The second-order valence-corrected chi connectivity index (χ2v) is 8.27. The van der Waals surface area contributed by atoms with Crippen LogP contribution in [0.25, 0.3) is 5.69 Å². The van der Waals surface area contributed by atoms with Crippen molar-refractivity contribution in [3.05, 3.63) is 114 Å². The van der Waals surface area contributed by atoms with Gasteiger partial charge in [0.2, 0.25) is 0 Å². The van der Waals surface area contributed by atoms with Gasteiger partial charge in [-0.3, -0.25) is 9.97 Å². The first-order valence-electron chi connectivity index (χ1n) is 10.9. The molecule has 7 nitrogen and oxygen atoms in total. The Bertz CT molecular complexity index is 1310. The maximum absolute atomic E-state index is 12.5. The Morgan fingerprint density at radius 3 is 2.50 bits per heavy atom. The molecule has 0 unspecified atom stereocenters. The first-order valence-corrected chi connectivity index (χ1v) is 11.3. The van der Waals surface area contributed by atoms with Crippen LogP contribution in [-0.4, -0.2) is 37.6 Å². The summed E-state index contributed by atoms with van der Waals surface area (Å²) in [6.45, 7) is 0.532. The number of nitrogens with zero attached hydrogens (tertiary/aromatic N) is 4. The molecule has 0 amide bonds. The monoisotopic (exact) mass is 469 g/mol. The predicted molar refractivity (Wildman–Crippen MR) is 132 cm³/mol. The summed E-state index contributed by atoms with van der Waals surface area (Å²) >= 11 is 5.79. The van der Waals surface area contributed by atoms with E-state index in [1.807, 2.05) is 71.4 Å². The van der Waals surface area contributed by atoms with Gasteiger partial charge in [0, 0.05) is 24.3 Å². The first-order chi connectivity index (χ1) is 16.7. The average molecular weight is 470 g/mol. The highest BCUT2D eigenvalue weighted by Gasteiger charge is 2.41. The molecule has 34 heavy (non-hydrogen) atoms. The number of nitrogens with one attached hydrogen (secondary N) is 1. The molecule has 4 aromatic rings. The fourth-order valence-corrected chi connectivity index (χ4v) is 4.69. The first kappa shape index (κ1) is 21.8. The second kappa shape index (κ2) is 9.44. The highest BCUT2D eigenvalue weighted by atomic mass is 32.1. The summed E-state index contributed by atoms with van der Waals surface area (Å²) in [7, 11) is 1.39. The van der Waals surface area contributed by atoms with Crippen LogP contribution in [-0.2, 0) is 11.3 Å². The molecule has 2 atom stereocenters. The van der Waals surface area contributed by atoms with Gasteiger partial charge in [0.1, 0.15) is 0 Å². The number of thiocarbonyl (C=S) groups is 1. The van der Waals surface area contributed by atoms with Crippen molar-refractivity contribution in [2.45, 2.75) is 18.6 Å². The lowest BCUT2D eigenvalue weighted by molar-refractivity contribution is 0.0600. The summed E-state index contributed by atoms with van der Waals surface area (Å²) in [4.78, 5) is 23.8. The Balaban J connectivity index is 1.63. The molecule has 0 spiro atoms. The molecule has 0 saturated carbocycles. The van der Waals surface area contributed by atoms with Crippen LogP contribution in [0.1, 0.15) is 39.5 Å². The van der Waals surface area contributed by atoms with Gasteiger partial charge in [0.25, 0.3) is 0 Å². The van der Waals surface area contributed by atoms with E-state index < -0.39 is 0 Å². The molecule has 3 aromatic heterocycles. The van der Waals surface area contributed by atoms with E-state index in [-0.39, 0.29) is 18.1 Å². The molecule has 1 N–H and O–H groups in total. The van der Waals surface area contributed by atoms with Crippen molar-refractivity contribution in [1.82, 2.24) is 24.8 Å². The molecule has 170 valence electrons. The van der Waals surface area contributed by atoms with Crippen molar-refractivity contribution in [2.24, 2.45) is 0 Å². The lowest BCUT2D eigenvalue weighted by atomic mass is 10.0. The van der Waals surface area contributed by atoms with E-state index in [1.165, 1.54) is 7.11 Å². The van der Waals surface area contributed by atoms with E-state index >= 15 is 0 Å². The Labute approximate surface area is 203 Å². The number of methoxy groups -OCH3 is 1. The number of ether oxygens (including phenoxy) is 1. The van der Waals surface area contributed by atoms with Crippen LogP contribution >= 0.6 is 12.2 Å². The Morgan fingerprint density at radius 2 is 1.76 bits per heavy atom. The third-order valence-electron chi connectivity index (χ3n) is 5.91. The maximum atomic E-state index is 12.5. The minimum absolute atomic E-state index is 0.184. The number of esters is 1. The molecule has 1 saturated heterocycles. The van der Waals surface area contributed by atoms with Crippen LogP contribution in [0.4, 0.5) is 0 Å². The quantitative estimate of drug-likeness (QED) is 0.335. The number of hydrogen-bond acceptors (Lipinski definition) is 5. The lowest BCUT2D eigenvalue weighted by Gasteiger charge is -2.29. The summed E-state index contributed by atoms with van der Waals surface area (Å²) in [6.07, 6.45) is 5.51. The van der Waals surface area contributed by atoms with Crippen molar-refractivity contribution in [1.29, 1.82) is 0 Å². The minimum Gasteiger partial charge on any atom is -0.465 e. The summed E-state index contributed by atoms with van der Waals surface area (Å²) in [5.41, 5.74) is 3.99. The minimum atomic E-state index is -0.387. The molecular formula is C26H23N5O2S. The molecule has 1 fully saturated rings. The molecule has 1 aromatic carbocycles.